The summed E-state index contributed by atoms with van der Waals surface area (Å²) in [5.74, 6) is -0.297. The monoisotopic (exact) mass is 365 g/mol. The highest BCUT2D eigenvalue weighted by Gasteiger charge is 2.21. The molecule has 0 radical (unpaired) electrons. The van der Waals surface area contributed by atoms with Crippen LogP contribution in [-0.4, -0.2) is 55.6 Å². The van der Waals surface area contributed by atoms with Crippen molar-refractivity contribution >= 4 is 29.9 Å². The van der Waals surface area contributed by atoms with Gasteiger partial charge in [-0.05, 0) is 24.3 Å². The van der Waals surface area contributed by atoms with Crippen molar-refractivity contribution in [1.29, 1.82) is 0 Å². The molecule has 0 bridgehead atoms. The Hall–Kier alpha value is -2.15. The molecule has 2 rings (SSSR count). The summed E-state index contributed by atoms with van der Waals surface area (Å²) in [4.78, 5) is 26.1. The molecule has 1 fully saturated rings. The van der Waals surface area contributed by atoms with Gasteiger partial charge in [-0.1, -0.05) is 12.2 Å². The van der Waals surface area contributed by atoms with Gasteiger partial charge < -0.3 is 20.3 Å². The third kappa shape index (κ3) is 6.01. The third-order valence-corrected chi connectivity index (χ3v) is 3.61. The number of carbonyl (C=O) groups is 2. The number of nitrogens with one attached hydrogen (secondary N) is 2. The molecule has 2 amide bonds. The van der Waals surface area contributed by atoms with Gasteiger partial charge in [0.25, 0.3) is 11.8 Å². The van der Waals surface area contributed by atoms with Crippen molar-refractivity contribution in [2.24, 2.45) is 0 Å². The van der Waals surface area contributed by atoms with Gasteiger partial charge in [-0.25, -0.2) is 0 Å². The van der Waals surface area contributed by atoms with Crippen LogP contribution in [0.5, 0.6) is 0 Å². The number of carbonyl (C=O) groups excluding carboxylic acids is 2. The van der Waals surface area contributed by atoms with E-state index < -0.39 is 6.10 Å². The molecule has 1 aromatic carbocycles. The Balaban J connectivity index is 0.00000312. The van der Waals surface area contributed by atoms with Crippen LogP contribution in [0.3, 0.4) is 0 Å². The molecule has 136 valence electrons. The second-order valence-corrected chi connectivity index (χ2v) is 5.42. The minimum Gasteiger partial charge on any atom is -0.366 e. The van der Waals surface area contributed by atoms with Gasteiger partial charge in [0.1, 0.15) is 6.10 Å². The van der Waals surface area contributed by atoms with Crippen molar-refractivity contribution < 1.29 is 14.3 Å². The van der Waals surface area contributed by atoms with Crippen LogP contribution < -0.4 is 10.6 Å². The minimum absolute atomic E-state index is 0. The first-order valence-electron chi connectivity index (χ1n) is 7.90. The zero-order valence-electron chi connectivity index (χ0n) is 14.1. The Morgan fingerprint density at radius 1 is 1.24 bits per heavy atom. The molecule has 2 N–H and O–H groups in total. The quantitative estimate of drug-likeness (QED) is 0.723. The summed E-state index contributed by atoms with van der Waals surface area (Å²) in [5.41, 5.74) is 1.18. The molecule has 1 unspecified atom stereocenters. The van der Waals surface area contributed by atoms with Crippen molar-refractivity contribution in [2.75, 3.05) is 38.1 Å². The summed E-state index contributed by atoms with van der Waals surface area (Å²) >= 11 is 0. The second kappa shape index (κ2) is 10.7. The van der Waals surface area contributed by atoms with E-state index in [9.17, 15) is 9.59 Å². The van der Waals surface area contributed by atoms with E-state index in [1.165, 1.54) is 0 Å². The predicted molar refractivity (Wildman–Crippen MR) is 101 cm³/mol. The highest BCUT2D eigenvalue weighted by Crippen LogP contribution is 2.13. The largest absolute Gasteiger partial charge is 0.366 e. The zero-order valence-corrected chi connectivity index (χ0v) is 14.9. The number of anilines is 1. The highest BCUT2D eigenvalue weighted by molar-refractivity contribution is 5.97. The summed E-state index contributed by atoms with van der Waals surface area (Å²) in [6, 6.07) is 6.80. The lowest BCUT2D eigenvalue weighted by molar-refractivity contribution is -0.128. The van der Waals surface area contributed by atoms with E-state index in [0.29, 0.717) is 37.5 Å². The molecule has 1 aliphatic rings. The molecule has 7 heteroatoms. The molecular formula is C18H24ClN3O3. The first-order valence-corrected chi connectivity index (χ1v) is 7.90. The van der Waals surface area contributed by atoms with Crippen LogP contribution in [0.15, 0.2) is 49.6 Å². The van der Waals surface area contributed by atoms with E-state index in [0.717, 1.165) is 6.54 Å². The number of benzene rings is 1. The van der Waals surface area contributed by atoms with Crippen LogP contribution >= 0.6 is 12.4 Å². The van der Waals surface area contributed by atoms with Crippen molar-refractivity contribution in [1.82, 2.24) is 10.2 Å². The van der Waals surface area contributed by atoms with Crippen molar-refractivity contribution in [3.63, 3.8) is 0 Å². The van der Waals surface area contributed by atoms with Crippen LogP contribution in [0, 0.1) is 0 Å². The lowest BCUT2D eigenvalue weighted by atomic mass is 10.1. The average Bonchev–Trinajstić information content (AvgIpc) is 2.62. The van der Waals surface area contributed by atoms with Crippen LogP contribution in [0.2, 0.25) is 0 Å². The number of halogens is 1. The van der Waals surface area contributed by atoms with E-state index in [-0.39, 0.29) is 24.2 Å². The minimum atomic E-state index is -0.490. The van der Waals surface area contributed by atoms with Gasteiger partial charge in [-0.2, -0.15) is 0 Å². The molecule has 25 heavy (non-hydrogen) atoms. The van der Waals surface area contributed by atoms with E-state index in [1.807, 2.05) is 0 Å². The van der Waals surface area contributed by atoms with E-state index >= 15 is 0 Å². The Morgan fingerprint density at radius 3 is 2.40 bits per heavy atom. The van der Waals surface area contributed by atoms with Crippen LogP contribution in [-0.2, 0) is 9.53 Å². The van der Waals surface area contributed by atoms with Crippen molar-refractivity contribution in [2.45, 2.75) is 6.10 Å². The first-order chi connectivity index (χ1) is 11.7. The maximum Gasteiger partial charge on any atom is 0.254 e. The van der Waals surface area contributed by atoms with Gasteiger partial charge in [0, 0.05) is 37.4 Å². The van der Waals surface area contributed by atoms with Gasteiger partial charge in [0.05, 0.1) is 6.61 Å². The number of rotatable bonds is 7. The average molecular weight is 366 g/mol. The fourth-order valence-corrected chi connectivity index (χ4v) is 2.39. The molecule has 0 spiro atoms. The number of hydrogen-bond acceptors (Lipinski definition) is 4. The fraction of sp³-hybridized carbons (Fsp3) is 0.333. The molecular weight excluding hydrogens is 342 g/mol. The van der Waals surface area contributed by atoms with Gasteiger partial charge in [0.2, 0.25) is 0 Å². The Bertz CT molecular complexity index is 588. The maximum absolute atomic E-state index is 12.4. The molecule has 1 saturated heterocycles. The molecule has 0 aromatic heterocycles. The van der Waals surface area contributed by atoms with Crippen molar-refractivity contribution in [3.8, 4) is 0 Å². The predicted octanol–water partition coefficient (Wildman–Crippen LogP) is 1.85. The van der Waals surface area contributed by atoms with Gasteiger partial charge >= 0.3 is 0 Å². The number of morpholine rings is 1. The van der Waals surface area contributed by atoms with Gasteiger partial charge in [-0.15, -0.1) is 25.6 Å². The van der Waals surface area contributed by atoms with E-state index in [1.54, 1.807) is 41.3 Å². The molecule has 1 aromatic rings. The van der Waals surface area contributed by atoms with Gasteiger partial charge in [-0.3, -0.25) is 9.59 Å². The standard InChI is InChI=1S/C18H23N3O3.ClH/c1-3-10-21(11-4-2)18(23)14-5-7-15(8-6-14)20-17(22)16-13-19-9-12-24-16;/h3-8,16,19H,1-2,9-13H2,(H,20,22);1H. The lowest BCUT2D eigenvalue weighted by Crippen LogP contribution is -2.45. The van der Waals surface area contributed by atoms with Crippen molar-refractivity contribution in [3.05, 3.63) is 55.1 Å². The van der Waals surface area contributed by atoms with E-state index in [2.05, 4.69) is 23.8 Å². The number of amides is 2. The molecule has 6 nitrogen and oxygen atoms in total. The number of hydrogen-bond donors (Lipinski definition) is 2. The Labute approximate surface area is 154 Å². The smallest absolute Gasteiger partial charge is 0.254 e. The second-order valence-electron chi connectivity index (χ2n) is 5.42. The Kier molecular flexibility index (Phi) is 8.91. The van der Waals surface area contributed by atoms with Crippen LogP contribution in [0.1, 0.15) is 10.4 Å². The SMILES string of the molecule is C=CCN(CC=C)C(=O)c1ccc(NC(=O)C2CNCCO2)cc1.Cl. The molecule has 1 heterocycles. The highest BCUT2D eigenvalue weighted by atomic mass is 35.5. The van der Waals surface area contributed by atoms with Gasteiger partial charge in [0.15, 0.2) is 0 Å². The number of ether oxygens (including phenoxy) is 1. The summed E-state index contributed by atoms with van der Waals surface area (Å²) in [6.45, 7) is 10.0. The summed E-state index contributed by atoms with van der Waals surface area (Å²) in [6.07, 6.45) is 2.86. The topological polar surface area (TPSA) is 70.7 Å². The lowest BCUT2D eigenvalue weighted by Gasteiger charge is -2.23. The normalized spacial score (nSPS) is 16.2. The first kappa shape index (κ1) is 20.9. The van der Waals surface area contributed by atoms with Crippen LogP contribution in [0.25, 0.3) is 0 Å². The fourth-order valence-electron chi connectivity index (χ4n) is 2.39. The van der Waals surface area contributed by atoms with E-state index in [4.69, 9.17) is 4.74 Å². The molecule has 0 saturated carbocycles. The molecule has 1 atom stereocenters. The third-order valence-electron chi connectivity index (χ3n) is 3.61. The Morgan fingerprint density at radius 2 is 1.88 bits per heavy atom. The molecule has 1 aliphatic heterocycles. The molecule has 0 aliphatic carbocycles. The maximum atomic E-state index is 12.4. The summed E-state index contributed by atoms with van der Waals surface area (Å²) in [7, 11) is 0. The zero-order chi connectivity index (χ0) is 17.4. The number of nitrogens with zero attached hydrogens (tertiary/aromatic N) is 1. The summed E-state index contributed by atoms with van der Waals surface area (Å²) in [5, 5.41) is 5.91. The van der Waals surface area contributed by atoms with Crippen LogP contribution in [0.4, 0.5) is 5.69 Å². The summed E-state index contributed by atoms with van der Waals surface area (Å²) < 4.78 is 5.41.